The molecule has 12 nitrogen and oxygen atoms in total. The molecule has 246 valence electrons. The van der Waals surface area contributed by atoms with Crippen LogP contribution >= 0.6 is 0 Å². The Morgan fingerprint density at radius 1 is 1.11 bits per heavy atom. The van der Waals surface area contributed by atoms with Gasteiger partial charge in [-0.25, -0.2) is 9.97 Å². The van der Waals surface area contributed by atoms with Crippen LogP contribution in [0.3, 0.4) is 0 Å². The number of ether oxygens (including phenoxy) is 1. The number of aliphatic hydroxyl groups excluding tert-OH is 1. The summed E-state index contributed by atoms with van der Waals surface area (Å²) >= 11 is 0. The van der Waals surface area contributed by atoms with Crippen LogP contribution in [0, 0.1) is 6.92 Å². The van der Waals surface area contributed by atoms with Crippen molar-refractivity contribution in [2.75, 3.05) is 42.9 Å². The highest BCUT2D eigenvalue weighted by atomic mass is 16.5. The molecule has 4 N–H and O–H groups in total. The molecule has 2 atom stereocenters. The smallest absolute Gasteiger partial charge is 0.251 e. The van der Waals surface area contributed by atoms with Crippen molar-refractivity contribution < 1.29 is 23.8 Å². The maximum Gasteiger partial charge on any atom is 0.251 e. The number of carbonyl (C=O) groups excluding carboxylic acids is 2. The number of hydrogen-bond donors (Lipinski definition) is 4. The number of aromatic nitrogens is 2. The van der Waals surface area contributed by atoms with Crippen LogP contribution in [-0.4, -0.2) is 82.7 Å². The predicted octanol–water partition coefficient (Wildman–Crippen LogP) is 3.18. The third-order valence-electron chi connectivity index (χ3n) is 9.37. The Balaban J connectivity index is 1.06. The lowest BCUT2D eigenvalue weighted by molar-refractivity contribution is -0.129. The second-order valence-corrected chi connectivity index (χ2v) is 12.6. The fraction of sp³-hybridized carbons (Fsp3) is 0.529. The summed E-state index contributed by atoms with van der Waals surface area (Å²) in [6, 6.07) is 9.62. The molecule has 46 heavy (non-hydrogen) atoms. The fourth-order valence-electron chi connectivity index (χ4n) is 6.49. The number of oxazole rings is 1. The van der Waals surface area contributed by atoms with Gasteiger partial charge in [-0.1, -0.05) is 6.07 Å². The summed E-state index contributed by atoms with van der Waals surface area (Å²) in [7, 11) is 0. The Labute approximate surface area is 269 Å². The summed E-state index contributed by atoms with van der Waals surface area (Å²) in [5.41, 5.74) is 3.59. The predicted molar refractivity (Wildman–Crippen MR) is 174 cm³/mol. The molecule has 12 heteroatoms. The third-order valence-corrected chi connectivity index (χ3v) is 9.37. The molecule has 0 unspecified atom stereocenters. The number of anilines is 2. The van der Waals surface area contributed by atoms with Crippen molar-refractivity contribution in [3.05, 3.63) is 64.9 Å². The van der Waals surface area contributed by atoms with Crippen molar-refractivity contribution >= 4 is 23.5 Å². The minimum absolute atomic E-state index is 0.103. The maximum atomic E-state index is 13.4. The minimum atomic E-state index is -0.769. The highest BCUT2D eigenvalue weighted by Crippen LogP contribution is 2.26. The molecule has 0 saturated carbocycles. The maximum absolute atomic E-state index is 13.4. The number of aryl methyl sites for hydroxylation is 1. The van der Waals surface area contributed by atoms with Crippen LogP contribution in [0.4, 0.5) is 11.6 Å². The van der Waals surface area contributed by atoms with Gasteiger partial charge in [0, 0.05) is 63.8 Å². The quantitative estimate of drug-likeness (QED) is 0.263. The van der Waals surface area contributed by atoms with Gasteiger partial charge in [0.2, 0.25) is 5.91 Å². The number of rotatable bonds is 10. The summed E-state index contributed by atoms with van der Waals surface area (Å²) in [5.74, 6) is 2.77. The molecule has 2 aromatic heterocycles. The molecule has 3 aliphatic rings. The molecular formula is C34H45N7O5. The van der Waals surface area contributed by atoms with Crippen molar-refractivity contribution in [1.82, 2.24) is 25.5 Å². The SMILES string of the molecule is CC(=O)N1CCC(Nc2cc(C(=O)NC[C@@H](O)[C@@H]3Cc4ccc(OCc5ocnc5C)cc4CN3)cc(N3CCCCC3)n2)CC1. The average molecular weight is 632 g/mol. The van der Waals surface area contributed by atoms with E-state index >= 15 is 0 Å². The molecule has 0 bridgehead atoms. The Hall–Kier alpha value is -4.16. The lowest BCUT2D eigenvalue weighted by atomic mass is 9.92. The van der Waals surface area contributed by atoms with E-state index in [2.05, 4.69) is 25.8 Å². The Bertz CT molecular complexity index is 1510. The van der Waals surface area contributed by atoms with Gasteiger partial charge in [0.1, 0.15) is 24.0 Å². The van der Waals surface area contributed by atoms with E-state index in [1.165, 1.54) is 12.8 Å². The lowest BCUT2D eigenvalue weighted by Gasteiger charge is -2.32. The highest BCUT2D eigenvalue weighted by Gasteiger charge is 2.26. The first-order valence-electron chi connectivity index (χ1n) is 16.4. The summed E-state index contributed by atoms with van der Waals surface area (Å²) in [6.45, 7) is 7.77. The monoisotopic (exact) mass is 631 g/mol. The topological polar surface area (TPSA) is 145 Å². The zero-order valence-corrected chi connectivity index (χ0v) is 26.8. The molecule has 0 spiro atoms. The van der Waals surface area contributed by atoms with Crippen molar-refractivity contribution in [1.29, 1.82) is 0 Å². The van der Waals surface area contributed by atoms with Crippen LogP contribution in [0.2, 0.25) is 0 Å². The van der Waals surface area contributed by atoms with Crippen molar-refractivity contribution in [3.8, 4) is 5.75 Å². The van der Waals surface area contributed by atoms with Gasteiger partial charge in [-0.2, -0.15) is 0 Å². The van der Waals surface area contributed by atoms with Gasteiger partial charge in [0.15, 0.2) is 12.2 Å². The number of piperidine rings is 2. The van der Waals surface area contributed by atoms with Crippen LogP contribution in [-0.2, 0) is 24.4 Å². The minimum Gasteiger partial charge on any atom is -0.486 e. The molecule has 0 radical (unpaired) electrons. The number of amides is 2. The first-order chi connectivity index (χ1) is 22.3. The second-order valence-electron chi connectivity index (χ2n) is 12.6. The van der Waals surface area contributed by atoms with Gasteiger partial charge in [-0.05, 0) is 80.8 Å². The van der Waals surface area contributed by atoms with Crippen LogP contribution < -0.4 is 25.6 Å². The van der Waals surface area contributed by atoms with Gasteiger partial charge >= 0.3 is 0 Å². The van der Waals surface area contributed by atoms with Gasteiger partial charge in [0.05, 0.1) is 11.8 Å². The molecule has 6 rings (SSSR count). The number of benzene rings is 1. The molecule has 2 amide bonds. The summed E-state index contributed by atoms with van der Waals surface area (Å²) in [6.07, 6.45) is 6.35. The zero-order chi connectivity index (χ0) is 32.0. The number of fused-ring (bicyclic) bond motifs is 1. The molecule has 0 aliphatic carbocycles. The van der Waals surface area contributed by atoms with E-state index in [0.717, 1.165) is 67.2 Å². The van der Waals surface area contributed by atoms with E-state index in [9.17, 15) is 14.7 Å². The molecule has 3 aliphatic heterocycles. The number of aliphatic hydroxyl groups is 1. The number of hydrogen-bond acceptors (Lipinski definition) is 10. The number of likely N-dealkylation sites (tertiary alicyclic amines) is 1. The van der Waals surface area contributed by atoms with Gasteiger partial charge in [0.25, 0.3) is 5.91 Å². The number of carbonyl (C=O) groups is 2. The third kappa shape index (κ3) is 7.79. The van der Waals surface area contributed by atoms with Gasteiger partial charge < -0.3 is 40.0 Å². The lowest BCUT2D eigenvalue weighted by Crippen LogP contribution is -2.49. The van der Waals surface area contributed by atoms with Crippen LogP contribution in [0.1, 0.15) is 72.0 Å². The fourth-order valence-corrected chi connectivity index (χ4v) is 6.49. The normalized spacial score (nSPS) is 19.3. The van der Waals surface area contributed by atoms with Crippen LogP contribution in [0.5, 0.6) is 5.75 Å². The summed E-state index contributed by atoms with van der Waals surface area (Å²) in [4.78, 5) is 38.3. The number of nitrogens with zero attached hydrogens (tertiary/aromatic N) is 4. The van der Waals surface area contributed by atoms with Crippen molar-refractivity contribution in [3.63, 3.8) is 0 Å². The number of pyridine rings is 1. The van der Waals surface area contributed by atoms with E-state index in [1.54, 1.807) is 13.0 Å². The van der Waals surface area contributed by atoms with E-state index in [-0.39, 0.29) is 30.4 Å². The van der Waals surface area contributed by atoms with Crippen LogP contribution in [0.15, 0.2) is 41.1 Å². The molecule has 5 heterocycles. The van der Waals surface area contributed by atoms with E-state index < -0.39 is 6.10 Å². The average Bonchev–Trinajstić information content (AvgIpc) is 3.50. The van der Waals surface area contributed by atoms with Crippen LogP contribution in [0.25, 0.3) is 0 Å². The van der Waals surface area contributed by atoms with Gasteiger partial charge in [-0.15, -0.1) is 0 Å². The molecular weight excluding hydrogens is 586 g/mol. The molecule has 3 aromatic rings. The first-order valence-corrected chi connectivity index (χ1v) is 16.4. The van der Waals surface area contributed by atoms with Gasteiger partial charge in [-0.3, -0.25) is 9.59 Å². The Kier molecular flexibility index (Phi) is 10.0. The van der Waals surface area contributed by atoms with E-state index in [1.807, 2.05) is 36.1 Å². The van der Waals surface area contributed by atoms with E-state index in [0.29, 0.717) is 49.8 Å². The molecule has 1 aromatic carbocycles. The molecule has 2 fully saturated rings. The Morgan fingerprint density at radius 3 is 2.65 bits per heavy atom. The summed E-state index contributed by atoms with van der Waals surface area (Å²) in [5, 5.41) is 21.0. The number of nitrogens with one attached hydrogen (secondary N) is 3. The standard InChI is InChI=1S/C34H45N7O5/c1-22-31(46-21-37-22)20-45-28-7-6-24-15-29(35-18-26(24)14-28)30(43)19-36-34(44)25-16-32(38-27-8-12-40(13-9-27)23(2)42)39-33(17-25)41-10-4-3-5-11-41/h6-7,14,16-17,21,27,29-30,35,43H,3-5,8-13,15,18-20H2,1-2H3,(H,36,44)(H,38,39)/t29-,30+/m0/s1. The zero-order valence-electron chi connectivity index (χ0n) is 26.8. The summed E-state index contributed by atoms with van der Waals surface area (Å²) < 4.78 is 11.3. The second kappa shape index (κ2) is 14.5. The van der Waals surface area contributed by atoms with E-state index in [4.69, 9.17) is 14.1 Å². The Morgan fingerprint density at radius 2 is 1.91 bits per heavy atom. The van der Waals surface area contributed by atoms with Crippen molar-refractivity contribution in [2.24, 2.45) is 0 Å². The molecule has 2 saturated heterocycles. The highest BCUT2D eigenvalue weighted by molar-refractivity contribution is 5.95. The first kappa shape index (κ1) is 31.8. The largest absolute Gasteiger partial charge is 0.486 e. The van der Waals surface area contributed by atoms with Crippen molar-refractivity contribution in [2.45, 2.75) is 83.7 Å².